The van der Waals surface area contributed by atoms with Gasteiger partial charge in [0.05, 0.1) is 17.3 Å². The van der Waals surface area contributed by atoms with Gasteiger partial charge in [0.15, 0.2) is 0 Å². The lowest BCUT2D eigenvalue weighted by molar-refractivity contribution is 0.185. The van der Waals surface area contributed by atoms with Crippen molar-refractivity contribution in [1.29, 1.82) is 0 Å². The third kappa shape index (κ3) is 3.10. The molecule has 7 heteroatoms. The van der Waals surface area contributed by atoms with E-state index < -0.39 is 10.0 Å². The number of benzene rings is 1. The van der Waals surface area contributed by atoms with Crippen LogP contribution in [0.5, 0.6) is 0 Å². The van der Waals surface area contributed by atoms with E-state index in [1.165, 1.54) is 26.3 Å². The van der Waals surface area contributed by atoms with Crippen molar-refractivity contribution in [3.8, 4) is 0 Å². The van der Waals surface area contributed by atoms with Crippen LogP contribution in [-0.4, -0.2) is 40.0 Å². The second-order valence-corrected chi connectivity index (χ2v) is 5.87. The molecule has 0 fully saturated rings. The lowest BCUT2D eigenvalue weighted by Gasteiger charge is -2.18. The zero-order valence-electron chi connectivity index (χ0n) is 9.68. The number of ether oxygens (including phenoxy) is 1. The summed E-state index contributed by atoms with van der Waals surface area (Å²) < 4.78 is 30.4. The standard InChI is InChI=1S/C10H15ClN2O3S/c1-13(6-7-16-2)17(14,15)10-8(11)4-3-5-9(10)12/h3-5H,6-7,12H2,1-2H3. The molecule has 2 N–H and O–H groups in total. The highest BCUT2D eigenvalue weighted by Crippen LogP contribution is 2.29. The first-order chi connectivity index (χ1) is 7.91. The van der Waals surface area contributed by atoms with Gasteiger partial charge in [0.25, 0.3) is 0 Å². The first-order valence-electron chi connectivity index (χ1n) is 4.90. The van der Waals surface area contributed by atoms with Crippen LogP contribution in [0.1, 0.15) is 0 Å². The number of hydrogen-bond donors (Lipinski definition) is 1. The van der Waals surface area contributed by atoms with Gasteiger partial charge in [-0.15, -0.1) is 0 Å². The van der Waals surface area contributed by atoms with Crippen LogP contribution in [0.15, 0.2) is 23.1 Å². The van der Waals surface area contributed by atoms with E-state index in [4.69, 9.17) is 22.1 Å². The summed E-state index contributed by atoms with van der Waals surface area (Å²) in [6.07, 6.45) is 0. The molecular formula is C10H15ClN2O3S. The summed E-state index contributed by atoms with van der Waals surface area (Å²) in [6, 6.07) is 4.60. The van der Waals surface area contributed by atoms with Gasteiger partial charge in [0, 0.05) is 20.7 Å². The molecule has 0 heterocycles. The third-order valence-electron chi connectivity index (χ3n) is 2.28. The molecule has 1 aromatic carbocycles. The molecule has 0 unspecified atom stereocenters. The molecule has 5 nitrogen and oxygen atoms in total. The molecule has 0 aliphatic carbocycles. The van der Waals surface area contributed by atoms with Gasteiger partial charge in [-0.25, -0.2) is 8.42 Å². The zero-order chi connectivity index (χ0) is 13.1. The van der Waals surface area contributed by atoms with E-state index in [2.05, 4.69) is 0 Å². The van der Waals surface area contributed by atoms with E-state index >= 15 is 0 Å². The number of halogens is 1. The van der Waals surface area contributed by atoms with Crippen LogP contribution in [0.3, 0.4) is 0 Å². The fraction of sp³-hybridized carbons (Fsp3) is 0.400. The molecule has 0 atom stereocenters. The highest BCUT2D eigenvalue weighted by atomic mass is 35.5. The van der Waals surface area contributed by atoms with Crippen LogP contribution >= 0.6 is 11.6 Å². The first-order valence-corrected chi connectivity index (χ1v) is 6.72. The Morgan fingerprint density at radius 1 is 1.47 bits per heavy atom. The monoisotopic (exact) mass is 278 g/mol. The highest BCUT2D eigenvalue weighted by molar-refractivity contribution is 7.89. The predicted molar refractivity (Wildman–Crippen MR) is 67.6 cm³/mol. The molecule has 96 valence electrons. The summed E-state index contributed by atoms with van der Waals surface area (Å²) in [6.45, 7) is 0.545. The molecule has 0 radical (unpaired) electrons. The van der Waals surface area contributed by atoms with Gasteiger partial charge in [-0.3, -0.25) is 0 Å². The van der Waals surface area contributed by atoms with E-state index in [0.29, 0.717) is 6.61 Å². The average Bonchev–Trinajstić information content (AvgIpc) is 2.25. The molecule has 0 amide bonds. The van der Waals surface area contributed by atoms with Crippen LogP contribution in [-0.2, 0) is 14.8 Å². The van der Waals surface area contributed by atoms with E-state index in [1.807, 2.05) is 0 Å². The average molecular weight is 279 g/mol. The number of methoxy groups -OCH3 is 1. The smallest absolute Gasteiger partial charge is 0.246 e. The van der Waals surface area contributed by atoms with Gasteiger partial charge in [-0.05, 0) is 12.1 Å². The maximum absolute atomic E-state index is 12.2. The van der Waals surface area contributed by atoms with Crippen molar-refractivity contribution < 1.29 is 13.2 Å². The van der Waals surface area contributed by atoms with E-state index in [9.17, 15) is 8.42 Å². The van der Waals surface area contributed by atoms with Crippen LogP contribution < -0.4 is 5.73 Å². The number of hydrogen-bond acceptors (Lipinski definition) is 4. The third-order valence-corrected chi connectivity index (χ3v) is 4.68. The second-order valence-electron chi connectivity index (χ2n) is 3.48. The number of likely N-dealkylation sites (N-methyl/N-ethyl adjacent to an activating group) is 1. The van der Waals surface area contributed by atoms with Crippen LogP contribution in [0.25, 0.3) is 0 Å². The maximum Gasteiger partial charge on any atom is 0.246 e. The Kier molecular flexibility index (Phi) is 4.76. The molecule has 0 aliphatic rings. The van der Waals surface area contributed by atoms with Gasteiger partial charge >= 0.3 is 0 Å². The van der Waals surface area contributed by atoms with Gasteiger partial charge in [-0.2, -0.15) is 4.31 Å². The number of rotatable bonds is 5. The van der Waals surface area contributed by atoms with Crippen molar-refractivity contribution in [1.82, 2.24) is 4.31 Å². The summed E-state index contributed by atoms with van der Waals surface area (Å²) in [7, 11) is -0.716. The molecule has 17 heavy (non-hydrogen) atoms. The quantitative estimate of drug-likeness (QED) is 0.821. The fourth-order valence-corrected chi connectivity index (χ4v) is 3.07. The minimum atomic E-state index is -3.68. The molecule has 0 aliphatic heterocycles. The largest absolute Gasteiger partial charge is 0.398 e. The van der Waals surface area contributed by atoms with Gasteiger partial charge in [0.2, 0.25) is 10.0 Å². The summed E-state index contributed by atoms with van der Waals surface area (Å²) in [4.78, 5) is -0.0553. The summed E-state index contributed by atoms with van der Waals surface area (Å²) >= 11 is 5.88. The number of nitrogens with two attached hydrogens (primary N) is 1. The maximum atomic E-state index is 12.2. The molecule has 1 aromatic rings. The number of anilines is 1. The molecular weight excluding hydrogens is 264 g/mol. The number of nitrogens with zero attached hydrogens (tertiary/aromatic N) is 1. The fourth-order valence-electron chi connectivity index (χ4n) is 1.29. The van der Waals surface area contributed by atoms with Crippen molar-refractivity contribution in [3.05, 3.63) is 23.2 Å². The summed E-state index contributed by atoms with van der Waals surface area (Å²) in [5, 5.41) is 0.120. The molecule has 1 rings (SSSR count). The molecule has 0 bridgehead atoms. The van der Waals surface area contributed by atoms with Crippen molar-refractivity contribution in [2.45, 2.75) is 4.90 Å². The molecule has 0 saturated carbocycles. The highest BCUT2D eigenvalue weighted by Gasteiger charge is 2.25. The van der Waals surface area contributed by atoms with Crippen molar-refractivity contribution in [2.75, 3.05) is 33.0 Å². The van der Waals surface area contributed by atoms with Crippen molar-refractivity contribution in [3.63, 3.8) is 0 Å². The number of nitrogen functional groups attached to an aromatic ring is 1. The topological polar surface area (TPSA) is 72.6 Å². The normalized spacial score (nSPS) is 12.0. The Bertz CT molecular complexity index is 470. The van der Waals surface area contributed by atoms with Crippen molar-refractivity contribution in [2.24, 2.45) is 0 Å². The summed E-state index contributed by atoms with van der Waals surface area (Å²) in [5.41, 5.74) is 5.79. The van der Waals surface area contributed by atoms with Gasteiger partial charge in [-0.1, -0.05) is 17.7 Å². The van der Waals surface area contributed by atoms with Gasteiger partial charge in [0.1, 0.15) is 4.90 Å². The second kappa shape index (κ2) is 5.68. The van der Waals surface area contributed by atoms with Crippen LogP contribution in [0, 0.1) is 0 Å². The Hall–Kier alpha value is -0.820. The van der Waals surface area contributed by atoms with Crippen LogP contribution in [0.4, 0.5) is 5.69 Å². The van der Waals surface area contributed by atoms with Gasteiger partial charge < -0.3 is 10.5 Å². The SMILES string of the molecule is COCCN(C)S(=O)(=O)c1c(N)cccc1Cl. The van der Waals surface area contributed by atoms with E-state index in [-0.39, 0.29) is 22.2 Å². The Morgan fingerprint density at radius 2 is 2.12 bits per heavy atom. The van der Waals surface area contributed by atoms with E-state index in [0.717, 1.165) is 4.31 Å². The lowest BCUT2D eigenvalue weighted by atomic mass is 10.3. The summed E-state index contributed by atoms with van der Waals surface area (Å²) in [5.74, 6) is 0. The molecule has 0 aromatic heterocycles. The lowest BCUT2D eigenvalue weighted by Crippen LogP contribution is -2.30. The van der Waals surface area contributed by atoms with E-state index in [1.54, 1.807) is 6.07 Å². The van der Waals surface area contributed by atoms with Crippen molar-refractivity contribution >= 4 is 27.3 Å². The Labute approximate surface area is 106 Å². The minimum Gasteiger partial charge on any atom is -0.398 e. The Morgan fingerprint density at radius 3 is 2.65 bits per heavy atom. The Balaban J connectivity index is 3.13. The van der Waals surface area contributed by atoms with Crippen LogP contribution in [0.2, 0.25) is 5.02 Å². The molecule has 0 spiro atoms. The zero-order valence-corrected chi connectivity index (χ0v) is 11.3. The molecule has 0 saturated heterocycles. The minimum absolute atomic E-state index is 0.0553. The number of sulfonamides is 1. The predicted octanol–water partition coefficient (Wildman–Crippen LogP) is 1.19. The first kappa shape index (κ1) is 14.2.